The minimum Gasteiger partial charge on any atom is -0.345 e. The van der Waals surface area contributed by atoms with E-state index in [2.05, 4.69) is 5.32 Å². The first-order chi connectivity index (χ1) is 9.96. The third-order valence-electron chi connectivity index (χ3n) is 4.19. The lowest BCUT2D eigenvalue weighted by molar-refractivity contribution is -0.155. The van der Waals surface area contributed by atoms with Crippen LogP contribution in [0.1, 0.15) is 32.3 Å². The number of nitrogens with zero attached hydrogens (tertiary/aromatic N) is 1. The molecule has 21 heavy (non-hydrogen) atoms. The molecule has 1 aromatic carbocycles. The number of piperazine rings is 1. The Kier molecular flexibility index (Phi) is 4.52. The Bertz CT molecular complexity index is 553. The van der Waals surface area contributed by atoms with Crippen molar-refractivity contribution in [3.05, 3.63) is 34.6 Å². The number of carbonyl (C=O) groups excluding carboxylic acids is 2. The Hall–Kier alpha value is -1.62. The SMILES string of the molecule is CCC1(CC)C(=O)NCC(=O)N1Cc1c(F)cccc1Cl. The van der Waals surface area contributed by atoms with Gasteiger partial charge in [0, 0.05) is 10.6 Å². The van der Waals surface area contributed by atoms with Gasteiger partial charge in [0.1, 0.15) is 11.4 Å². The lowest BCUT2D eigenvalue weighted by Gasteiger charge is -2.45. The molecule has 0 radical (unpaired) electrons. The zero-order chi connectivity index (χ0) is 15.6. The molecule has 1 heterocycles. The molecule has 2 rings (SSSR count). The van der Waals surface area contributed by atoms with Crippen LogP contribution in [0.5, 0.6) is 0 Å². The Labute approximate surface area is 128 Å². The Morgan fingerprint density at radius 3 is 2.57 bits per heavy atom. The lowest BCUT2D eigenvalue weighted by atomic mass is 9.87. The Balaban J connectivity index is 2.43. The number of amides is 2. The van der Waals surface area contributed by atoms with Crippen LogP contribution < -0.4 is 5.32 Å². The quantitative estimate of drug-likeness (QED) is 0.928. The number of hydrogen-bond acceptors (Lipinski definition) is 2. The fourth-order valence-electron chi connectivity index (χ4n) is 2.81. The highest BCUT2D eigenvalue weighted by atomic mass is 35.5. The maximum absolute atomic E-state index is 14.0. The highest BCUT2D eigenvalue weighted by Gasteiger charge is 2.46. The van der Waals surface area contributed by atoms with E-state index in [9.17, 15) is 14.0 Å². The minimum absolute atomic E-state index is 0.000556. The summed E-state index contributed by atoms with van der Waals surface area (Å²) in [4.78, 5) is 26.0. The summed E-state index contributed by atoms with van der Waals surface area (Å²) in [5.41, 5.74) is -0.700. The van der Waals surface area contributed by atoms with Crippen LogP contribution in [-0.4, -0.2) is 28.8 Å². The molecule has 1 saturated heterocycles. The van der Waals surface area contributed by atoms with Gasteiger partial charge in [-0.25, -0.2) is 4.39 Å². The summed E-state index contributed by atoms with van der Waals surface area (Å²) in [6, 6.07) is 4.39. The molecule has 2 amide bonds. The molecule has 0 unspecified atom stereocenters. The van der Waals surface area contributed by atoms with E-state index in [1.54, 1.807) is 6.07 Å². The van der Waals surface area contributed by atoms with Gasteiger partial charge in [0.25, 0.3) is 0 Å². The van der Waals surface area contributed by atoms with Gasteiger partial charge in [0.2, 0.25) is 11.8 Å². The van der Waals surface area contributed by atoms with Crippen molar-refractivity contribution in [2.45, 2.75) is 38.8 Å². The van der Waals surface area contributed by atoms with Gasteiger partial charge in [-0.3, -0.25) is 9.59 Å². The van der Waals surface area contributed by atoms with E-state index < -0.39 is 11.4 Å². The second kappa shape index (κ2) is 6.02. The van der Waals surface area contributed by atoms with Crippen molar-refractivity contribution in [2.24, 2.45) is 0 Å². The van der Waals surface area contributed by atoms with Gasteiger partial charge in [0.15, 0.2) is 0 Å². The first-order valence-corrected chi connectivity index (χ1v) is 7.35. The highest BCUT2D eigenvalue weighted by Crippen LogP contribution is 2.31. The van der Waals surface area contributed by atoms with Crippen LogP contribution >= 0.6 is 11.6 Å². The van der Waals surface area contributed by atoms with E-state index in [-0.39, 0.29) is 35.5 Å². The van der Waals surface area contributed by atoms with Gasteiger partial charge < -0.3 is 10.2 Å². The van der Waals surface area contributed by atoms with Gasteiger partial charge >= 0.3 is 0 Å². The average Bonchev–Trinajstić information content (AvgIpc) is 2.47. The van der Waals surface area contributed by atoms with Gasteiger partial charge in [-0.15, -0.1) is 0 Å². The number of carbonyl (C=O) groups is 2. The van der Waals surface area contributed by atoms with Gasteiger partial charge in [-0.05, 0) is 25.0 Å². The van der Waals surface area contributed by atoms with Crippen LogP contribution in [0.15, 0.2) is 18.2 Å². The number of hydrogen-bond donors (Lipinski definition) is 1. The summed E-state index contributed by atoms with van der Waals surface area (Å²) in [5, 5.41) is 2.87. The van der Waals surface area contributed by atoms with Crippen molar-refractivity contribution in [3.63, 3.8) is 0 Å². The maximum Gasteiger partial charge on any atom is 0.246 e. The van der Waals surface area contributed by atoms with Crippen molar-refractivity contribution in [1.29, 1.82) is 0 Å². The molecular formula is C15H18ClFN2O2. The number of nitrogens with one attached hydrogen (secondary N) is 1. The largest absolute Gasteiger partial charge is 0.345 e. The minimum atomic E-state index is -0.944. The molecule has 1 N–H and O–H groups in total. The summed E-state index contributed by atoms with van der Waals surface area (Å²) in [7, 11) is 0. The van der Waals surface area contributed by atoms with Crippen LogP contribution in [0.4, 0.5) is 4.39 Å². The van der Waals surface area contributed by atoms with E-state index in [4.69, 9.17) is 11.6 Å². The van der Waals surface area contributed by atoms with Crippen molar-refractivity contribution in [3.8, 4) is 0 Å². The monoisotopic (exact) mass is 312 g/mol. The molecular weight excluding hydrogens is 295 g/mol. The van der Waals surface area contributed by atoms with Crippen LogP contribution in [0.25, 0.3) is 0 Å². The van der Waals surface area contributed by atoms with Crippen LogP contribution in [0.3, 0.4) is 0 Å². The first kappa shape index (κ1) is 15.8. The van der Waals surface area contributed by atoms with E-state index in [0.29, 0.717) is 12.8 Å². The number of benzene rings is 1. The fourth-order valence-corrected chi connectivity index (χ4v) is 3.03. The standard InChI is InChI=1S/C15H18ClFN2O2/c1-3-15(4-2)14(21)18-8-13(20)19(15)9-10-11(16)6-5-7-12(10)17/h5-7H,3-4,8-9H2,1-2H3,(H,18,21). The van der Waals surface area contributed by atoms with Gasteiger partial charge in [-0.2, -0.15) is 0 Å². The Morgan fingerprint density at radius 1 is 1.33 bits per heavy atom. The molecule has 6 heteroatoms. The fraction of sp³-hybridized carbons (Fsp3) is 0.467. The second-order valence-corrected chi connectivity index (χ2v) is 5.51. The third kappa shape index (κ3) is 2.62. The molecule has 0 atom stereocenters. The van der Waals surface area contributed by atoms with Gasteiger partial charge in [-0.1, -0.05) is 31.5 Å². The molecule has 0 bridgehead atoms. The van der Waals surface area contributed by atoms with Crippen LogP contribution in [-0.2, 0) is 16.1 Å². The van der Waals surface area contributed by atoms with Crippen molar-refractivity contribution in [1.82, 2.24) is 10.2 Å². The molecule has 114 valence electrons. The molecule has 0 spiro atoms. The zero-order valence-electron chi connectivity index (χ0n) is 12.1. The first-order valence-electron chi connectivity index (χ1n) is 6.98. The molecule has 0 aliphatic carbocycles. The summed E-state index contributed by atoms with van der Waals surface area (Å²) >= 11 is 6.03. The molecule has 1 aliphatic rings. The van der Waals surface area contributed by atoms with E-state index in [0.717, 1.165) is 0 Å². The predicted octanol–water partition coefficient (Wildman–Crippen LogP) is 2.50. The number of rotatable bonds is 4. The smallest absolute Gasteiger partial charge is 0.246 e. The van der Waals surface area contributed by atoms with Crippen molar-refractivity contribution >= 4 is 23.4 Å². The molecule has 0 aromatic heterocycles. The van der Waals surface area contributed by atoms with Crippen molar-refractivity contribution in [2.75, 3.05) is 6.54 Å². The normalized spacial score (nSPS) is 17.8. The van der Waals surface area contributed by atoms with Gasteiger partial charge in [0.05, 0.1) is 13.1 Å². The lowest BCUT2D eigenvalue weighted by Crippen LogP contribution is -2.66. The van der Waals surface area contributed by atoms with E-state index in [1.165, 1.54) is 17.0 Å². The summed E-state index contributed by atoms with van der Waals surface area (Å²) < 4.78 is 14.0. The van der Waals surface area contributed by atoms with Crippen LogP contribution in [0.2, 0.25) is 5.02 Å². The van der Waals surface area contributed by atoms with E-state index in [1.807, 2.05) is 13.8 Å². The molecule has 1 aliphatic heterocycles. The maximum atomic E-state index is 14.0. The molecule has 1 fully saturated rings. The second-order valence-electron chi connectivity index (χ2n) is 5.10. The summed E-state index contributed by atoms with van der Waals surface area (Å²) in [6.45, 7) is 3.63. The van der Waals surface area contributed by atoms with Crippen LogP contribution in [0, 0.1) is 5.82 Å². The molecule has 0 saturated carbocycles. The summed E-state index contributed by atoms with van der Waals surface area (Å²) in [6.07, 6.45) is 0.931. The topological polar surface area (TPSA) is 49.4 Å². The highest BCUT2D eigenvalue weighted by molar-refractivity contribution is 6.31. The zero-order valence-corrected chi connectivity index (χ0v) is 12.8. The Morgan fingerprint density at radius 2 is 2.00 bits per heavy atom. The third-order valence-corrected chi connectivity index (χ3v) is 4.54. The predicted molar refractivity (Wildman–Crippen MR) is 78.3 cm³/mol. The molecule has 1 aromatic rings. The number of halogens is 2. The van der Waals surface area contributed by atoms with Crippen molar-refractivity contribution < 1.29 is 14.0 Å². The summed E-state index contributed by atoms with van der Waals surface area (Å²) in [5.74, 6) is -0.889. The average molecular weight is 313 g/mol. The van der Waals surface area contributed by atoms with E-state index >= 15 is 0 Å². The molecule has 4 nitrogen and oxygen atoms in total.